The number of benzene rings is 6. The van der Waals surface area contributed by atoms with E-state index in [0.717, 1.165) is 27.7 Å². The standard InChI is InChI=1S/C38H21N3S/c1-40-31-12-7-10-27(23-39)36(31)26-16-19-32-30(22-26)37-33(20-21-35-38(37)29-11-5-6-13-34(29)42-35)41(32)28-17-14-25(15-18-28)24-8-3-2-4-9-24/h2-22H. The topological polar surface area (TPSA) is 33.1 Å². The highest BCUT2D eigenvalue weighted by molar-refractivity contribution is 7.26. The third-order valence-corrected chi connectivity index (χ3v) is 9.21. The Labute approximate surface area is 246 Å². The van der Waals surface area contributed by atoms with Gasteiger partial charge in [0.2, 0.25) is 0 Å². The highest BCUT2D eigenvalue weighted by Gasteiger charge is 2.20. The van der Waals surface area contributed by atoms with Crippen LogP contribution in [0.15, 0.2) is 127 Å². The van der Waals surface area contributed by atoms with E-state index in [1.54, 1.807) is 18.2 Å². The van der Waals surface area contributed by atoms with Gasteiger partial charge in [0, 0.05) is 47.8 Å². The Hall–Kier alpha value is -5.68. The Bertz CT molecular complexity index is 2380. The van der Waals surface area contributed by atoms with E-state index in [1.165, 1.54) is 36.7 Å². The van der Waals surface area contributed by atoms with Crippen molar-refractivity contribution in [1.29, 1.82) is 5.26 Å². The van der Waals surface area contributed by atoms with Crippen LogP contribution in [0.4, 0.5) is 5.69 Å². The lowest BCUT2D eigenvalue weighted by Crippen LogP contribution is -1.94. The highest BCUT2D eigenvalue weighted by Crippen LogP contribution is 2.45. The summed E-state index contributed by atoms with van der Waals surface area (Å²) in [6.45, 7) is 7.79. The lowest BCUT2D eigenvalue weighted by Gasteiger charge is -2.11. The number of thiophene rings is 1. The van der Waals surface area contributed by atoms with Crippen molar-refractivity contribution in [1.82, 2.24) is 4.57 Å². The molecule has 0 saturated carbocycles. The summed E-state index contributed by atoms with van der Waals surface area (Å²) in [5.41, 5.74) is 8.22. The zero-order valence-electron chi connectivity index (χ0n) is 22.4. The van der Waals surface area contributed by atoms with Gasteiger partial charge < -0.3 is 4.57 Å². The van der Waals surface area contributed by atoms with Crippen molar-refractivity contribution < 1.29 is 0 Å². The largest absolute Gasteiger partial charge is 0.309 e. The van der Waals surface area contributed by atoms with Crippen molar-refractivity contribution >= 4 is 59.0 Å². The van der Waals surface area contributed by atoms with Gasteiger partial charge in [0.05, 0.1) is 23.7 Å². The SMILES string of the molecule is [C-]#[N+]c1cccc(C#N)c1-c1ccc2c(c1)c1c3c(ccc1n2-c1ccc(-c2ccccc2)cc1)sc1ccccc13. The maximum Gasteiger partial charge on any atom is 0.196 e. The summed E-state index contributed by atoms with van der Waals surface area (Å²) in [6.07, 6.45) is 0. The van der Waals surface area contributed by atoms with E-state index in [4.69, 9.17) is 6.57 Å². The van der Waals surface area contributed by atoms with Gasteiger partial charge in [0.25, 0.3) is 0 Å². The van der Waals surface area contributed by atoms with E-state index in [2.05, 4.69) is 113 Å². The van der Waals surface area contributed by atoms with Crippen LogP contribution < -0.4 is 0 Å². The lowest BCUT2D eigenvalue weighted by molar-refractivity contribution is 1.18. The minimum atomic E-state index is 0.486. The molecule has 8 aromatic rings. The average Bonchev–Trinajstić information content (AvgIpc) is 3.60. The fourth-order valence-corrected chi connectivity index (χ4v) is 7.34. The third kappa shape index (κ3) is 3.57. The smallest absolute Gasteiger partial charge is 0.196 e. The number of fused-ring (bicyclic) bond motifs is 7. The molecule has 42 heavy (non-hydrogen) atoms. The Morgan fingerprint density at radius 1 is 0.619 bits per heavy atom. The molecule has 0 spiro atoms. The molecule has 0 radical (unpaired) electrons. The van der Waals surface area contributed by atoms with Crippen molar-refractivity contribution in [2.45, 2.75) is 0 Å². The minimum Gasteiger partial charge on any atom is -0.309 e. The normalized spacial score (nSPS) is 11.3. The summed E-state index contributed by atoms with van der Waals surface area (Å²) >= 11 is 1.81. The van der Waals surface area contributed by atoms with Crippen molar-refractivity contribution in [2.75, 3.05) is 0 Å². The first-order valence-corrected chi connectivity index (χ1v) is 14.5. The fourth-order valence-electron chi connectivity index (χ4n) is 6.22. The molecule has 0 atom stereocenters. The predicted octanol–water partition coefficient (Wildman–Crippen LogP) is 10.9. The molecule has 0 amide bonds. The Balaban J connectivity index is 1.47. The molecule has 194 valence electrons. The number of hydrogen-bond acceptors (Lipinski definition) is 2. The van der Waals surface area contributed by atoms with Gasteiger partial charge in [0.1, 0.15) is 0 Å². The van der Waals surface area contributed by atoms with Crippen molar-refractivity contribution in [2.24, 2.45) is 0 Å². The van der Waals surface area contributed by atoms with Crippen LogP contribution in [-0.2, 0) is 0 Å². The molecular formula is C38H21N3S. The Morgan fingerprint density at radius 2 is 1.36 bits per heavy atom. The molecule has 0 fully saturated rings. The summed E-state index contributed by atoms with van der Waals surface area (Å²) < 4.78 is 4.84. The summed E-state index contributed by atoms with van der Waals surface area (Å²) in [4.78, 5) is 3.76. The molecule has 3 nitrogen and oxygen atoms in total. The van der Waals surface area contributed by atoms with Gasteiger partial charge in [-0.1, -0.05) is 78.9 Å². The summed E-state index contributed by atoms with van der Waals surface area (Å²) in [7, 11) is 0. The number of nitriles is 1. The van der Waals surface area contributed by atoms with Gasteiger partial charge in [0.15, 0.2) is 5.69 Å². The van der Waals surface area contributed by atoms with Gasteiger partial charge >= 0.3 is 0 Å². The summed E-state index contributed by atoms with van der Waals surface area (Å²) in [5.74, 6) is 0. The van der Waals surface area contributed by atoms with Crippen LogP contribution in [0.1, 0.15) is 5.56 Å². The van der Waals surface area contributed by atoms with Crippen molar-refractivity contribution in [3.63, 3.8) is 0 Å². The Morgan fingerprint density at radius 3 is 2.17 bits per heavy atom. The third-order valence-electron chi connectivity index (χ3n) is 8.07. The van der Waals surface area contributed by atoms with Gasteiger partial charge in [-0.3, -0.25) is 0 Å². The van der Waals surface area contributed by atoms with Gasteiger partial charge in [-0.05, 0) is 65.2 Å². The molecule has 0 aliphatic carbocycles. The second-order valence-corrected chi connectivity index (χ2v) is 11.4. The molecule has 4 heteroatoms. The quantitative estimate of drug-likeness (QED) is 0.201. The molecule has 2 aromatic heterocycles. The van der Waals surface area contributed by atoms with E-state index in [1.807, 2.05) is 23.5 Å². The van der Waals surface area contributed by atoms with Crippen LogP contribution in [0.25, 0.3) is 74.8 Å². The molecule has 0 N–H and O–H groups in total. The number of hydrogen-bond donors (Lipinski definition) is 0. The summed E-state index contributed by atoms with van der Waals surface area (Å²) in [6, 6.07) is 46.2. The van der Waals surface area contributed by atoms with Crippen molar-refractivity contribution in [3.05, 3.63) is 144 Å². The molecule has 0 saturated heterocycles. The molecule has 2 heterocycles. The molecular weight excluding hydrogens is 531 g/mol. The monoisotopic (exact) mass is 551 g/mol. The van der Waals surface area contributed by atoms with Crippen LogP contribution in [0.5, 0.6) is 0 Å². The van der Waals surface area contributed by atoms with E-state index >= 15 is 0 Å². The van der Waals surface area contributed by atoms with E-state index in [0.29, 0.717) is 16.8 Å². The first kappa shape index (κ1) is 24.1. The first-order chi connectivity index (χ1) is 20.7. The van der Waals surface area contributed by atoms with Gasteiger partial charge in [-0.2, -0.15) is 5.26 Å². The van der Waals surface area contributed by atoms with Crippen LogP contribution in [0, 0.1) is 17.9 Å². The summed E-state index contributed by atoms with van der Waals surface area (Å²) in [5, 5.41) is 14.7. The maximum atomic E-state index is 9.92. The minimum absolute atomic E-state index is 0.486. The van der Waals surface area contributed by atoms with Crippen LogP contribution in [0.3, 0.4) is 0 Å². The van der Waals surface area contributed by atoms with E-state index in [9.17, 15) is 5.26 Å². The van der Waals surface area contributed by atoms with Crippen LogP contribution in [0.2, 0.25) is 0 Å². The predicted molar refractivity (Wildman–Crippen MR) is 176 cm³/mol. The molecule has 6 aromatic carbocycles. The van der Waals surface area contributed by atoms with Crippen LogP contribution >= 0.6 is 11.3 Å². The molecule has 0 aliphatic heterocycles. The fraction of sp³-hybridized carbons (Fsp3) is 0. The number of aromatic nitrogens is 1. The Kier molecular flexibility index (Phi) is 5.44. The zero-order valence-corrected chi connectivity index (χ0v) is 23.2. The average molecular weight is 552 g/mol. The second-order valence-electron chi connectivity index (χ2n) is 10.3. The first-order valence-electron chi connectivity index (χ1n) is 13.7. The van der Waals surface area contributed by atoms with Crippen molar-refractivity contribution in [3.8, 4) is 34.0 Å². The highest BCUT2D eigenvalue weighted by atomic mass is 32.1. The second kappa shape index (κ2) is 9.46. The lowest BCUT2D eigenvalue weighted by atomic mass is 9.96. The number of nitrogens with zero attached hydrogens (tertiary/aromatic N) is 3. The maximum absolute atomic E-state index is 9.92. The van der Waals surface area contributed by atoms with Gasteiger partial charge in [-0.25, -0.2) is 4.85 Å². The van der Waals surface area contributed by atoms with Crippen LogP contribution in [-0.4, -0.2) is 4.57 Å². The molecule has 0 unspecified atom stereocenters. The molecule has 0 aliphatic rings. The van der Waals surface area contributed by atoms with E-state index in [-0.39, 0.29) is 0 Å². The molecule has 8 rings (SSSR count). The van der Waals surface area contributed by atoms with Gasteiger partial charge in [-0.15, -0.1) is 11.3 Å². The zero-order chi connectivity index (χ0) is 28.2. The number of rotatable bonds is 3. The molecule has 0 bridgehead atoms. The van der Waals surface area contributed by atoms with E-state index < -0.39 is 0 Å².